The highest BCUT2D eigenvalue weighted by Gasteiger charge is 2.00. The van der Waals surface area contributed by atoms with Crippen molar-refractivity contribution in [2.75, 3.05) is 26.7 Å². The highest BCUT2D eigenvalue weighted by atomic mass is 15.1. The van der Waals surface area contributed by atoms with Gasteiger partial charge in [0.15, 0.2) is 0 Å². The van der Waals surface area contributed by atoms with Crippen LogP contribution in [0.25, 0.3) is 10.8 Å². The first-order chi connectivity index (χ1) is 8.79. The summed E-state index contributed by atoms with van der Waals surface area (Å²) in [6.07, 6.45) is 2.18. The Morgan fingerprint density at radius 1 is 1.00 bits per heavy atom. The van der Waals surface area contributed by atoms with E-state index in [1.165, 1.54) is 16.3 Å². The molecule has 2 N–H and O–H groups in total. The van der Waals surface area contributed by atoms with Crippen LogP contribution in [0.1, 0.15) is 12.0 Å². The molecule has 0 aliphatic heterocycles. The second-order valence-corrected chi connectivity index (χ2v) is 4.88. The molecule has 0 saturated carbocycles. The summed E-state index contributed by atoms with van der Waals surface area (Å²) >= 11 is 0. The minimum atomic E-state index is 0.778. The predicted molar refractivity (Wildman–Crippen MR) is 78.8 cm³/mol. The number of benzene rings is 2. The summed E-state index contributed by atoms with van der Waals surface area (Å²) in [4.78, 5) is 2.35. The maximum absolute atomic E-state index is 5.52. The van der Waals surface area contributed by atoms with Crippen LogP contribution in [0, 0.1) is 0 Å². The summed E-state index contributed by atoms with van der Waals surface area (Å²) in [7, 11) is 2.16. The molecule has 0 bridgehead atoms. The molecule has 2 rings (SSSR count). The zero-order chi connectivity index (χ0) is 12.8. The summed E-state index contributed by atoms with van der Waals surface area (Å²) in [5, 5.41) is 2.65. The van der Waals surface area contributed by atoms with Gasteiger partial charge in [-0.3, -0.25) is 0 Å². The number of fused-ring (bicyclic) bond motifs is 1. The maximum atomic E-state index is 5.52. The normalized spacial score (nSPS) is 11.3. The van der Waals surface area contributed by atoms with Gasteiger partial charge in [0.05, 0.1) is 0 Å². The lowest BCUT2D eigenvalue weighted by atomic mass is 10.1. The molecule has 0 radical (unpaired) electrons. The highest BCUT2D eigenvalue weighted by Crippen LogP contribution is 2.16. The van der Waals surface area contributed by atoms with Gasteiger partial charge in [-0.05, 0) is 49.3 Å². The molecule has 2 aromatic carbocycles. The first kappa shape index (κ1) is 13.1. The Morgan fingerprint density at radius 3 is 2.56 bits per heavy atom. The standard InChI is InChI=1S/C16H22N2/c1-18(11-4-10-17)12-9-14-7-8-15-5-2-3-6-16(15)13-14/h2-3,5-8,13H,4,9-12,17H2,1H3. The molecule has 0 spiro atoms. The molecule has 0 amide bonds. The SMILES string of the molecule is CN(CCCN)CCc1ccc2ccccc2c1. The lowest BCUT2D eigenvalue weighted by Gasteiger charge is -2.16. The maximum Gasteiger partial charge on any atom is 0.00188 e. The summed E-state index contributed by atoms with van der Waals surface area (Å²) in [6, 6.07) is 15.3. The number of rotatable bonds is 6. The van der Waals surface area contributed by atoms with E-state index in [0.717, 1.165) is 32.5 Å². The summed E-state index contributed by atoms with van der Waals surface area (Å²) in [6.45, 7) is 2.96. The van der Waals surface area contributed by atoms with Crippen molar-refractivity contribution in [2.24, 2.45) is 5.73 Å². The fraction of sp³-hybridized carbons (Fsp3) is 0.375. The van der Waals surface area contributed by atoms with Crippen LogP contribution < -0.4 is 5.73 Å². The van der Waals surface area contributed by atoms with E-state index in [1.807, 2.05) is 0 Å². The van der Waals surface area contributed by atoms with Gasteiger partial charge in [0.2, 0.25) is 0 Å². The molecule has 2 heteroatoms. The fourth-order valence-electron chi connectivity index (χ4n) is 2.19. The Kier molecular flexibility index (Phi) is 4.73. The van der Waals surface area contributed by atoms with E-state index < -0.39 is 0 Å². The van der Waals surface area contributed by atoms with E-state index in [4.69, 9.17) is 5.73 Å². The van der Waals surface area contributed by atoms with E-state index in [-0.39, 0.29) is 0 Å². The van der Waals surface area contributed by atoms with Crippen LogP contribution >= 0.6 is 0 Å². The van der Waals surface area contributed by atoms with Crippen LogP contribution in [0.3, 0.4) is 0 Å². The van der Waals surface area contributed by atoms with Crippen molar-refractivity contribution in [1.82, 2.24) is 4.90 Å². The van der Waals surface area contributed by atoms with Crippen LogP contribution in [0.5, 0.6) is 0 Å². The molecule has 2 aromatic rings. The van der Waals surface area contributed by atoms with Crippen LogP contribution in [0.15, 0.2) is 42.5 Å². The van der Waals surface area contributed by atoms with E-state index >= 15 is 0 Å². The Balaban J connectivity index is 1.95. The minimum Gasteiger partial charge on any atom is -0.330 e. The lowest BCUT2D eigenvalue weighted by molar-refractivity contribution is 0.335. The van der Waals surface area contributed by atoms with Crippen molar-refractivity contribution in [1.29, 1.82) is 0 Å². The average Bonchev–Trinajstić information content (AvgIpc) is 2.42. The smallest absolute Gasteiger partial charge is 0.00188 e. The molecule has 0 unspecified atom stereocenters. The first-order valence-electron chi connectivity index (χ1n) is 6.66. The van der Waals surface area contributed by atoms with Crippen LogP contribution in [-0.4, -0.2) is 31.6 Å². The quantitative estimate of drug-likeness (QED) is 0.844. The molecule has 0 fully saturated rings. The molecule has 0 atom stereocenters. The summed E-state index contributed by atoms with van der Waals surface area (Å²) in [5.74, 6) is 0. The van der Waals surface area contributed by atoms with E-state index in [0.29, 0.717) is 0 Å². The topological polar surface area (TPSA) is 29.3 Å². The second-order valence-electron chi connectivity index (χ2n) is 4.88. The van der Waals surface area contributed by atoms with E-state index in [1.54, 1.807) is 0 Å². The number of nitrogens with two attached hydrogens (primary N) is 1. The van der Waals surface area contributed by atoms with Crippen LogP contribution in [-0.2, 0) is 6.42 Å². The molecule has 18 heavy (non-hydrogen) atoms. The second kappa shape index (κ2) is 6.53. The molecule has 0 heterocycles. The van der Waals surface area contributed by atoms with Gasteiger partial charge < -0.3 is 10.6 Å². The zero-order valence-corrected chi connectivity index (χ0v) is 11.1. The van der Waals surface area contributed by atoms with Gasteiger partial charge in [0.25, 0.3) is 0 Å². The Bertz CT molecular complexity index is 493. The summed E-state index contributed by atoms with van der Waals surface area (Å²) in [5.41, 5.74) is 6.93. The molecule has 0 aromatic heterocycles. The third-order valence-electron chi connectivity index (χ3n) is 3.34. The first-order valence-corrected chi connectivity index (χ1v) is 6.66. The van der Waals surface area contributed by atoms with Gasteiger partial charge in [0.1, 0.15) is 0 Å². The minimum absolute atomic E-state index is 0.778. The molecule has 0 saturated heterocycles. The van der Waals surface area contributed by atoms with Crippen molar-refractivity contribution in [3.05, 3.63) is 48.0 Å². The van der Waals surface area contributed by atoms with Gasteiger partial charge in [-0.1, -0.05) is 42.5 Å². The Labute approximate surface area is 109 Å². The zero-order valence-electron chi connectivity index (χ0n) is 11.1. The third kappa shape index (κ3) is 3.56. The van der Waals surface area contributed by atoms with Crippen LogP contribution in [0.4, 0.5) is 0 Å². The third-order valence-corrected chi connectivity index (χ3v) is 3.34. The van der Waals surface area contributed by atoms with Crippen molar-refractivity contribution < 1.29 is 0 Å². The molecular formula is C16H22N2. The number of hydrogen-bond acceptors (Lipinski definition) is 2. The predicted octanol–water partition coefficient (Wildman–Crippen LogP) is 2.66. The monoisotopic (exact) mass is 242 g/mol. The van der Waals surface area contributed by atoms with Crippen molar-refractivity contribution in [2.45, 2.75) is 12.8 Å². The summed E-state index contributed by atoms with van der Waals surface area (Å²) < 4.78 is 0. The van der Waals surface area contributed by atoms with Gasteiger partial charge in [-0.25, -0.2) is 0 Å². The highest BCUT2D eigenvalue weighted by molar-refractivity contribution is 5.82. The van der Waals surface area contributed by atoms with Crippen molar-refractivity contribution >= 4 is 10.8 Å². The van der Waals surface area contributed by atoms with E-state index in [9.17, 15) is 0 Å². The van der Waals surface area contributed by atoms with Crippen molar-refractivity contribution in [3.63, 3.8) is 0 Å². The molecule has 2 nitrogen and oxygen atoms in total. The molecule has 96 valence electrons. The number of nitrogens with zero attached hydrogens (tertiary/aromatic N) is 1. The Hall–Kier alpha value is -1.38. The van der Waals surface area contributed by atoms with E-state index in [2.05, 4.69) is 54.4 Å². The van der Waals surface area contributed by atoms with Gasteiger partial charge in [-0.15, -0.1) is 0 Å². The lowest BCUT2D eigenvalue weighted by Crippen LogP contribution is -2.24. The van der Waals surface area contributed by atoms with Gasteiger partial charge >= 0.3 is 0 Å². The van der Waals surface area contributed by atoms with Gasteiger partial charge in [0, 0.05) is 6.54 Å². The number of likely N-dealkylation sites (N-methyl/N-ethyl adjacent to an activating group) is 1. The Morgan fingerprint density at radius 2 is 1.78 bits per heavy atom. The van der Waals surface area contributed by atoms with Gasteiger partial charge in [-0.2, -0.15) is 0 Å². The number of hydrogen-bond donors (Lipinski definition) is 1. The van der Waals surface area contributed by atoms with Crippen LogP contribution in [0.2, 0.25) is 0 Å². The molecule has 0 aliphatic carbocycles. The fourth-order valence-corrected chi connectivity index (χ4v) is 2.19. The average molecular weight is 242 g/mol. The molecule has 0 aliphatic rings. The largest absolute Gasteiger partial charge is 0.330 e. The molecular weight excluding hydrogens is 220 g/mol. The van der Waals surface area contributed by atoms with Crippen molar-refractivity contribution in [3.8, 4) is 0 Å².